The summed E-state index contributed by atoms with van der Waals surface area (Å²) in [7, 11) is 0. The van der Waals surface area contributed by atoms with Crippen molar-refractivity contribution in [2.75, 3.05) is 11.9 Å². The van der Waals surface area contributed by atoms with E-state index in [0.29, 0.717) is 15.2 Å². The summed E-state index contributed by atoms with van der Waals surface area (Å²) in [6.07, 6.45) is 0. The van der Waals surface area contributed by atoms with Gasteiger partial charge in [0.2, 0.25) is 0 Å². The van der Waals surface area contributed by atoms with Crippen LogP contribution in [0.5, 0.6) is 5.75 Å². The van der Waals surface area contributed by atoms with E-state index in [1.54, 1.807) is 24.3 Å². The topological polar surface area (TPSA) is 78.5 Å². The van der Waals surface area contributed by atoms with E-state index in [1.807, 2.05) is 6.92 Å². The number of halogens is 2. The summed E-state index contributed by atoms with van der Waals surface area (Å²) in [5.41, 5.74) is 1.30. The van der Waals surface area contributed by atoms with Crippen LogP contribution in [0.3, 0.4) is 0 Å². The molecule has 0 fully saturated rings. The minimum absolute atomic E-state index is 0.0605. The monoisotopic (exact) mass is 396 g/mol. The zero-order valence-electron chi connectivity index (χ0n) is 12.1. The zero-order valence-corrected chi connectivity index (χ0v) is 14.4. The number of hydrogen-bond acceptors (Lipinski definition) is 4. The summed E-state index contributed by atoms with van der Waals surface area (Å²) in [4.78, 5) is 22.9. The Bertz CT molecular complexity index is 764. The largest absolute Gasteiger partial charge is 0.545 e. The fourth-order valence-electron chi connectivity index (χ4n) is 1.80. The Hall–Kier alpha value is -2.05. The number of amides is 1. The SMILES string of the molecule is Cc1ccc(NC(=O)COc2ccc(Br)cc2C(=O)[O-])cc1Cl. The van der Waals surface area contributed by atoms with Crippen molar-refractivity contribution in [1.82, 2.24) is 0 Å². The molecular formula is C16H12BrClNO4-. The molecule has 0 aliphatic carbocycles. The van der Waals surface area contributed by atoms with Crippen LogP contribution in [0.2, 0.25) is 5.02 Å². The van der Waals surface area contributed by atoms with E-state index >= 15 is 0 Å². The van der Waals surface area contributed by atoms with Gasteiger partial charge in [-0.15, -0.1) is 0 Å². The Balaban J connectivity index is 2.02. The van der Waals surface area contributed by atoms with Gasteiger partial charge in [-0.2, -0.15) is 0 Å². The number of nitrogens with one attached hydrogen (secondary N) is 1. The number of carboxylic acid groups (broad SMARTS) is 1. The molecule has 1 N–H and O–H groups in total. The van der Waals surface area contributed by atoms with Crippen molar-refractivity contribution in [2.45, 2.75) is 6.92 Å². The smallest absolute Gasteiger partial charge is 0.262 e. The van der Waals surface area contributed by atoms with E-state index in [1.165, 1.54) is 12.1 Å². The average molecular weight is 398 g/mol. The number of aryl methyl sites for hydroxylation is 1. The van der Waals surface area contributed by atoms with E-state index in [-0.39, 0.29) is 17.9 Å². The molecule has 7 heteroatoms. The van der Waals surface area contributed by atoms with E-state index in [2.05, 4.69) is 21.2 Å². The number of carbonyl (C=O) groups excluding carboxylic acids is 2. The van der Waals surface area contributed by atoms with Crippen LogP contribution in [-0.2, 0) is 4.79 Å². The lowest BCUT2D eigenvalue weighted by Crippen LogP contribution is -2.25. The lowest BCUT2D eigenvalue weighted by atomic mass is 10.2. The van der Waals surface area contributed by atoms with Gasteiger partial charge in [0, 0.05) is 20.7 Å². The first kappa shape index (κ1) is 17.3. The van der Waals surface area contributed by atoms with E-state index in [9.17, 15) is 14.7 Å². The van der Waals surface area contributed by atoms with Crippen LogP contribution < -0.4 is 15.2 Å². The van der Waals surface area contributed by atoms with Crippen molar-refractivity contribution in [3.8, 4) is 5.75 Å². The van der Waals surface area contributed by atoms with Gasteiger partial charge >= 0.3 is 0 Å². The fraction of sp³-hybridized carbons (Fsp3) is 0.125. The molecule has 1 amide bonds. The molecule has 0 aliphatic heterocycles. The van der Waals surface area contributed by atoms with Crippen LogP contribution in [0.4, 0.5) is 5.69 Å². The van der Waals surface area contributed by atoms with E-state index in [0.717, 1.165) is 5.56 Å². The molecular weight excluding hydrogens is 386 g/mol. The highest BCUT2D eigenvalue weighted by molar-refractivity contribution is 9.10. The Labute approximate surface area is 146 Å². The minimum atomic E-state index is -1.38. The third-order valence-corrected chi connectivity index (χ3v) is 3.88. The normalized spacial score (nSPS) is 10.2. The van der Waals surface area contributed by atoms with Crippen LogP contribution in [0, 0.1) is 6.92 Å². The first-order valence-electron chi connectivity index (χ1n) is 6.56. The van der Waals surface area contributed by atoms with E-state index < -0.39 is 11.9 Å². The Morgan fingerprint density at radius 1 is 1.26 bits per heavy atom. The highest BCUT2D eigenvalue weighted by atomic mass is 79.9. The maximum Gasteiger partial charge on any atom is 0.262 e. The number of aromatic carboxylic acids is 1. The number of rotatable bonds is 5. The molecule has 0 bridgehead atoms. The molecule has 0 spiro atoms. The van der Waals surface area contributed by atoms with Gasteiger partial charge in [0.1, 0.15) is 5.75 Å². The number of ether oxygens (including phenoxy) is 1. The zero-order chi connectivity index (χ0) is 17.0. The third kappa shape index (κ3) is 4.71. The second kappa shape index (κ2) is 7.48. The van der Waals surface area contributed by atoms with Gasteiger partial charge < -0.3 is 20.0 Å². The number of benzene rings is 2. The summed E-state index contributed by atoms with van der Waals surface area (Å²) in [6, 6.07) is 9.53. The molecule has 0 radical (unpaired) electrons. The lowest BCUT2D eigenvalue weighted by Gasteiger charge is -2.13. The molecule has 2 aromatic rings. The van der Waals surface area contributed by atoms with Crippen molar-refractivity contribution in [3.63, 3.8) is 0 Å². The standard InChI is InChI=1S/C16H13BrClNO4/c1-9-2-4-11(7-13(9)18)19-15(20)8-23-14-5-3-10(17)6-12(14)16(21)22/h2-7H,8H2,1H3,(H,19,20)(H,21,22)/p-1. The van der Waals surface area contributed by atoms with Crippen molar-refractivity contribution in [3.05, 3.63) is 57.0 Å². The highest BCUT2D eigenvalue weighted by Gasteiger charge is 2.09. The van der Waals surface area contributed by atoms with Crippen molar-refractivity contribution in [1.29, 1.82) is 0 Å². The molecule has 2 aromatic carbocycles. The summed E-state index contributed by atoms with van der Waals surface area (Å²) in [6.45, 7) is 1.51. The molecule has 23 heavy (non-hydrogen) atoms. The first-order chi connectivity index (χ1) is 10.9. The second-order valence-electron chi connectivity index (χ2n) is 4.73. The minimum Gasteiger partial charge on any atom is -0.545 e. The Morgan fingerprint density at radius 3 is 2.65 bits per heavy atom. The van der Waals surface area contributed by atoms with Gasteiger partial charge in [0.15, 0.2) is 6.61 Å². The van der Waals surface area contributed by atoms with Gasteiger partial charge in [-0.1, -0.05) is 33.6 Å². The average Bonchev–Trinajstić information content (AvgIpc) is 2.49. The second-order valence-corrected chi connectivity index (χ2v) is 6.05. The molecule has 0 heterocycles. The van der Waals surface area contributed by atoms with Crippen LogP contribution in [0.1, 0.15) is 15.9 Å². The lowest BCUT2D eigenvalue weighted by molar-refractivity contribution is -0.255. The van der Waals surface area contributed by atoms with Gasteiger partial charge in [0.25, 0.3) is 5.91 Å². The summed E-state index contributed by atoms with van der Waals surface area (Å²) < 4.78 is 5.83. The predicted molar refractivity (Wildman–Crippen MR) is 88.8 cm³/mol. The van der Waals surface area contributed by atoms with Crippen LogP contribution in [0.15, 0.2) is 40.9 Å². The predicted octanol–water partition coefficient (Wildman–Crippen LogP) is 2.79. The summed E-state index contributed by atoms with van der Waals surface area (Å²) in [5, 5.41) is 14.2. The van der Waals surface area contributed by atoms with Crippen molar-refractivity contribution >= 4 is 45.1 Å². The summed E-state index contributed by atoms with van der Waals surface area (Å²) >= 11 is 9.14. The number of hydrogen-bond donors (Lipinski definition) is 1. The summed E-state index contributed by atoms with van der Waals surface area (Å²) in [5.74, 6) is -1.76. The Morgan fingerprint density at radius 2 is 2.00 bits per heavy atom. The van der Waals surface area contributed by atoms with Gasteiger partial charge in [-0.25, -0.2) is 0 Å². The molecule has 5 nitrogen and oxygen atoms in total. The van der Waals surface area contributed by atoms with Crippen molar-refractivity contribution < 1.29 is 19.4 Å². The maximum atomic E-state index is 11.9. The van der Waals surface area contributed by atoms with Crippen LogP contribution in [0.25, 0.3) is 0 Å². The highest BCUT2D eigenvalue weighted by Crippen LogP contribution is 2.23. The number of carboxylic acids is 1. The molecule has 0 aliphatic rings. The fourth-order valence-corrected chi connectivity index (χ4v) is 2.34. The molecule has 2 rings (SSSR count). The molecule has 0 saturated heterocycles. The number of anilines is 1. The Kier molecular flexibility index (Phi) is 5.63. The molecule has 120 valence electrons. The third-order valence-electron chi connectivity index (χ3n) is 2.98. The number of carbonyl (C=O) groups is 2. The van der Waals surface area contributed by atoms with Crippen molar-refractivity contribution in [2.24, 2.45) is 0 Å². The quantitative estimate of drug-likeness (QED) is 0.841. The molecule has 0 saturated carbocycles. The van der Waals surface area contributed by atoms with E-state index in [4.69, 9.17) is 16.3 Å². The van der Waals surface area contributed by atoms with Gasteiger partial charge in [-0.05, 0) is 42.8 Å². The van der Waals surface area contributed by atoms with Crippen LogP contribution in [-0.4, -0.2) is 18.5 Å². The van der Waals surface area contributed by atoms with Gasteiger partial charge in [-0.3, -0.25) is 4.79 Å². The first-order valence-corrected chi connectivity index (χ1v) is 7.73. The molecule has 0 atom stereocenters. The maximum absolute atomic E-state index is 11.9. The van der Waals surface area contributed by atoms with Crippen LogP contribution >= 0.6 is 27.5 Å². The molecule has 0 aromatic heterocycles. The van der Waals surface area contributed by atoms with Gasteiger partial charge in [0.05, 0.1) is 5.97 Å². The molecule has 0 unspecified atom stereocenters.